The fourth-order valence-electron chi connectivity index (χ4n) is 1.88. The minimum absolute atomic E-state index is 0.356. The average Bonchev–Trinajstić information content (AvgIpc) is 2.51. The molecule has 19 heavy (non-hydrogen) atoms. The Kier molecular flexibility index (Phi) is 3.41. The summed E-state index contributed by atoms with van der Waals surface area (Å²) in [6.45, 7) is 0. The molecule has 2 aromatic rings. The highest BCUT2D eigenvalue weighted by molar-refractivity contribution is 6.08. The number of rotatable bonds is 3. The van der Waals surface area contributed by atoms with Gasteiger partial charge in [0.1, 0.15) is 0 Å². The maximum Gasteiger partial charge on any atom is 0.230 e. The Balaban J connectivity index is 2.58. The lowest BCUT2D eigenvalue weighted by molar-refractivity contribution is 0.0950. The van der Waals surface area contributed by atoms with Crippen LogP contribution in [-0.4, -0.2) is 5.78 Å². The van der Waals surface area contributed by atoms with Crippen LogP contribution in [0.3, 0.4) is 0 Å². The lowest BCUT2D eigenvalue weighted by atomic mass is 9.77. The molecule has 0 saturated carbocycles. The Bertz CT molecular complexity index is 649. The summed E-state index contributed by atoms with van der Waals surface area (Å²) in [4.78, 5) is 12.5. The second kappa shape index (κ2) is 5.16. The SMILES string of the molecule is N#CC(C#N)(C(=O)c1ccccc1)c1ccccc1. The Hall–Kier alpha value is -2.91. The standard InChI is InChI=1S/C16H10N2O/c17-11-16(12-18,14-9-5-2-6-10-14)15(19)13-7-3-1-4-8-13/h1-10H. The molecular weight excluding hydrogens is 236 g/mol. The maximum absolute atomic E-state index is 12.5. The number of carbonyl (C=O) groups is 1. The van der Waals surface area contributed by atoms with Crippen molar-refractivity contribution in [3.63, 3.8) is 0 Å². The van der Waals surface area contributed by atoms with E-state index in [1.165, 1.54) is 0 Å². The van der Waals surface area contributed by atoms with Gasteiger partial charge in [-0.15, -0.1) is 0 Å². The van der Waals surface area contributed by atoms with Crippen molar-refractivity contribution in [1.82, 2.24) is 0 Å². The third-order valence-corrected chi connectivity index (χ3v) is 2.92. The molecule has 0 atom stereocenters. The van der Waals surface area contributed by atoms with E-state index in [2.05, 4.69) is 0 Å². The molecule has 0 aromatic heterocycles. The van der Waals surface area contributed by atoms with Crippen molar-refractivity contribution in [2.45, 2.75) is 5.41 Å². The minimum atomic E-state index is -1.79. The molecule has 0 aliphatic heterocycles. The number of hydrogen-bond acceptors (Lipinski definition) is 3. The van der Waals surface area contributed by atoms with Gasteiger partial charge in [0.05, 0.1) is 12.1 Å². The Morgan fingerprint density at radius 3 is 1.79 bits per heavy atom. The predicted molar refractivity (Wildman–Crippen MR) is 70.1 cm³/mol. The summed E-state index contributed by atoms with van der Waals surface area (Å²) >= 11 is 0. The van der Waals surface area contributed by atoms with Crippen molar-refractivity contribution >= 4 is 5.78 Å². The molecule has 0 radical (unpaired) electrons. The Morgan fingerprint density at radius 1 is 0.842 bits per heavy atom. The van der Waals surface area contributed by atoms with E-state index in [9.17, 15) is 15.3 Å². The summed E-state index contributed by atoms with van der Waals surface area (Å²) in [5.41, 5.74) is -1.04. The molecule has 3 heteroatoms. The molecule has 0 aliphatic rings. The van der Waals surface area contributed by atoms with Crippen LogP contribution in [0.1, 0.15) is 15.9 Å². The number of nitrogens with zero attached hydrogens (tertiary/aromatic N) is 2. The highest BCUT2D eigenvalue weighted by Crippen LogP contribution is 2.27. The molecule has 3 nitrogen and oxygen atoms in total. The summed E-state index contributed by atoms with van der Waals surface area (Å²) < 4.78 is 0. The van der Waals surface area contributed by atoms with Gasteiger partial charge >= 0.3 is 0 Å². The topological polar surface area (TPSA) is 64.7 Å². The molecule has 0 fully saturated rings. The molecule has 0 N–H and O–H groups in total. The first-order chi connectivity index (χ1) is 9.24. The van der Waals surface area contributed by atoms with Crippen molar-refractivity contribution in [3.05, 3.63) is 71.8 Å². The third kappa shape index (κ3) is 2.10. The molecule has 2 aromatic carbocycles. The zero-order chi connectivity index (χ0) is 13.7. The van der Waals surface area contributed by atoms with Gasteiger partial charge in [-0.1, -0.05) is 60.7 Å². The number of Topliss-reactive ketones (excluding diaryl/α,β-unsaturated/α-hetero) is 1. The van der Waals surface area contributed by atoms with Gasteiger partial charge in [-0.3, -0.25) is 4.79 Å². The number of carbonyl (C=O) groups excluding carboxylic acids is 1. The highest BCUT2D eigenvalue weighted by atomic mass is 16.1. The Labute approximate surface area is 111 Å². The zero-order valence-corrected chi connectivity index (χ0v) is 10.1. The molecule has 2 rings (SSSR count). The molecule has 90 valence electrons. The third-order valence-electron chi connectivity index (χ3n) is 2.92. The molecule has 0 spiro atoms. The first-order valence-corrected chi connectivity index (χ1v) is 5.72. The van der Waals surface area contributed by atoms with Crippen molar-refractivity contribution < 1.29 is 4.79 Å². The largest absolute Gasteiger partial charge is 0.291 e. The van der Waals surface area contributed by atoms with Gasteiger partial charge in [0.25, 0.3) is 0 Å². The van der Waals surface area contributed by atoms with E-state index in [0.29, 0.717) is 11.1 Å². The lowest BCUT2D eigenvalue weighted by Gasteiger charge is -2.17. The summed E-state index contributed by atoms with van der Waals surface area (Å²) in [5, 5.41) is 18.7. The van der Waals surface area contributed by atoms with E-state index in [1.807, 2.05) is 12.1 Å². The monoisotopic (exact) mass is 246 g/mol. The zero-order valence-electron chi connectivity index (χ0n) is 10.1. The van der Waals surface area contributed by atoms with Crippen LogP contribution in [0.25, 0.3) is 0 Å². The predicted octanol–water partition coefficient (Wildman–Crippen LogP) is 2.85. The van der Waals surface area contributed by atoms with Crippen LogP contribution in [0.5, 0.6) is 0 Å². The smallest absolute Gasteiger partial charge is 0.230 e. The maximum atomic E-state index is 12.5. The van der Waals surface area contributed by atoms with E-state index in [-0.39, 0.29) is 0 Å². The number of nitriles is 2. The first kappa shape index (κ1) is 12.5. The molecule has 0 bridgehead atoms. The summed E-state index contributed by atoms with van der Waals surface area (Å²) in [6.07, 6.45) is 0. The van der Waals surface area contributed by atoms with Gasteiger partial charge in [-0.25, -0.2) is 0 Å². The lowest BCUT2D eigenvalue weighted by Crippen LogP contribution is -2.32. The van der Waals surface area contributed by atoms with Crippen LogP contribution in [0.2, 0.25) is 0 Å². The minimum Gasteiger partial charge on any atom is -0.291 e. The van der Waals surface area contributed by atoms with Gasteiger partial charge in [-0.05, 0) is 5.56 Å². The van der Waals surface area contributed by atoms with E-state index in [0.717, 1.165) is 0 Å². The molecule has 0 saturated heterocycles. The number of ketones is 1. The molecule has 0 unspecified atom stereocenters. The summed E-state index contributed by atoms with van der Waals surface area (Å²) in [7, 11) is 0. The van der Waals surface area contributed by atoms with Crippen LogP contribution < -0.4 is 0 Å². The van der Waals surface area contributed by atoms with Gasteiger partial charge in [0.15, 0.2) is 0 Å². The van der Waals surface area contributed by atoms with Crippen LogP contribution in [0, 0.1) is 22.7 Å². The molecule has 0 amide bonds. The molecule has 0 aliphatic carbocycles. The number of hydrogen-bond donors (Lipinski definition) is 0. The van der Waals surface area contributed by atoms with E-state index >= 15 is 0 Å². The van der Waals surface area contributed by atoms with E-state index < -0.39 is 11.2 Å². The van der Waals surface area contributed by atoms with Crippen molar-refractivity contribution in [2.24, 2.45) is 0 Å². The Morgan fingerprint density at radius 2 is 1.32 bits per heavy atom. The van der Waals surface area contributed by atoms with Gasteiger partial charge in [-0.2, -0.15) is 10.5 Å². The van der Waals surface area contributed by atoms with E-state index in [4.69, 9.17) is 0 Å². The summed E-state index contributed by atoms with van der Waals surface area (Å²) in [5.74, 6) is -0.496. The quantitative estimate of drug-likeness (QED) is 0.782. The van der Waals surface area contributed by atoms with Gasteiger partial charge < -0.3 is 0 Å². The van der Waals surface area contributed by atoms with Crippen LogP contribution >= 0.6 is 0 Å². The molecular formula is C16H10N2O. The van der Waals surface area contributed by atoms with Crippen LogP contribution in [-0.2, 0) is 5.41 Å². The average molecular weight is 246 g/mol. The van der Waals surface area contributed by atoms with Gasteiger partial charge in [0, 0.05) is 5.56 Å². The normalized spacial score (nSPS) is 10.2. The van der Waals surface area contributed by atoms with Crippen LogP contribution in [0.4, 0.5) is 0 Å². The van der Waals surface area contributed by atoms with Crippen molar-refractivity contribution in [2.75, 3.05) is 0 Å². The van der Waals surface area contributed by atoms with Crippen LogP contribution in [0.15, 0.2) is 60.7 Å². The second-order valence-corrected chi connectivity index (χ2v) is 4.03. The molecule has 0 heterocycles. The summed E-state index contributed by atoms with van der Waals surface area (Å²) in [6, 6.07) is 20.6. The first-order valence-electron chi connectivity index (χ1n) is 5.72. The van der Waals surface area contributed by atoms with E-state index in [1.54, 1.807) is 60.7 Å². The van der Waals surface area contributed by atoms with Crippen molar-refractivity contribution in [3.8, 4) is 12.1 Å². The fraction of sp³-hybridized carbons (Fsp3) is 0.0625. The van der Waals surface area contributed by atoms with Gasteiger partial charge in [0.2, 0.25) is 11.2 Å². The van der Waals surface area contributed by atoms with Crippen molar-refractivity contribution in [1.29, 1.82) is 10.5 Å². The second-order valence-electron chi connectivity index (χ2n) is 4.03. The highest BCUT2D eigenvalue weighted by Gasteiger charge is 2.41. The fourth-order valence-corrected chi connectivity index (χ4v) is 1.88. The number of benzene rings is 2.